The molecule has 70 valence electrons. The molecule has 1 rings (SSSR count). The highest BCUT2D eigenvalue weighted by Crippen LogP contribution is 2.14. The van der Waals surface area contributed by atoms with Gasteiger partial charge >= 0.3 is 5.97 Å². The van der Waals surface area contributed by atoms with Crippen LogP contribution in [-0.4, -0.2) is 18.1 Å². The maximum atomic E-state index is 10.9. The van der Waals surface area contributed by atoms with E-state index in [0.717, 1.165) is 0 Å². The first-order valence-corrected chi connectivity index (χ1v) is 4.40. The highest BCUT2D eigenvalue weighted by molar-refractivity contribution is 9.10. The van der Waals surface area contributed by atoms with E-state index in [9.17, 15) is 4.79 Å². The van der Waals surface area contributed by atoms with Gasteiger partial charge in [0, 0.05) is 5.56 Å². The Morgan fingerprint density at radius 1 is 1.69 bits per heavy atom. The Hall–Kier alpha value is -1.10. The Morgan fingerprint density at radius 3 is 2.92 bits per heavy atom. The second-order valence-electron chi connectivity index (χ2n) is 2.43. The number of nitrogen functional groups attached to an aromatic ring is 1. The lowest BCUT2D eigenvalue weighted by molar-refractivity contribution is -0.139. The molecule has 0 saturated heterocycles. The van der Waals surface area contributed by atoms with E-state index in [4.69, 9.17) is 5.73 Å². The van der Waals surface area contributed by atoms with Crippen LogP contribution in [0.2, 0.25) is 0 Å². The van der Waals surface area contributed by atoms with Crippen molar-refractivity contribution in [1.29, 1.82) is 0 Å². The Kier molecular flexibility index (Phi) is 3.25. The van der Waals surface area contributed by atoms with Crippen LogP contribution >= 0.6 is 15.9 Å². The molecule has 0 aromatic carbocycles. The number of carbonyl (C=O) groups is 1. The van der Waals surface area contributed by atoms with Crippen molar-refractivity contribution >= 4 is 27.7 Å². The molecule has 0 spiro atoms. The van der Waals surface area contributed by atoms with Crippen LogP contribution in [0.4, 0.5) is 5.82 Å². The minimum Gasteiger partial charge on any atom is -0.469 e. The maximum absolute atomic E-state index is 10.9. The fourth-order valence-electron chi connectivity index (χ4n) is 0.856. The van der Waals surface area contributed by atoms with Crippen molar-refractivity contribution in [3.63, 3.8) is 0 Å². The summed E-state index contributed by atoms with van der Waals surface area (Å²) in [5.74, 6) is 0.0237. The van der Waals surface area contributed by atoms with E-state index in [0.29, 0.717) is 16.0 Å². The van der Waals surface area contributed by atoms with Gasteiger partial charge in [-0.1, -0.05) is 6.07 Å². The number of anilines is 1. The smallest absolute Gasteiger partial charge is 0.310 e. The number of esters is 1. The van der Waals surface area contributed by atoms with Gasteiger partial charge in [0.25, 0.3) is 0 Å². The first-order chi connectivity index (χ1) is 6.13. The molecule has 1 aromatic rings. The summed E-state index contributed by atoms with van der Waals surface area (Å²) in [6, 6.07) is 3.47. The minimum atomic E-state index is -0.323. The van der Waals surface area contributed by atoms with Crippen molar-refractivity contribution in [2.24, 2.45) is 0 Å². The number of nitrogens with zero attached hydrogens (tertiary/aromatic N) is 1. The van der Waals surface area contributed by atoms with Gasteiger partial charge in [-0.05, 0) is 22.0 Å². The number of ether oxygens (including phenoxy) is 1. The molecule has 5 heteroatoms. The van der Waals surface area contributed by atoms with Crippen molar-refractivity contribution in [2.45, 2.75) is 6.42 Å². The fourth-order valence-corrected chi connectivity index (χ4v) is 1.18. The zero-order valence-electron chi connectivity index (χ0n) is 7.08. The molecule has 0 fully saturated rings. The Labute approximate surface area is 84.2 Å². The second-order valence-corrected chi connectivity index (χ2v) is 3.24. The number of halogens is 1. The predicted molar refractivity (Wildman–Crippen MR) is 52.1 cm³/mol. The van der Waals surface area contributed by atoms with E-state index >= 15 is 0 Å². The van der Waals surface area contributed by atoms with Gasteiger partial charge in [-0.2, -0.15) is 0 Å². The lowest BCUT2D eigenvalue weighted by Crippen LogP contribution is -2.07. The third kappa shape index (κ3) is 2.69. The minimum absolute atomic E-state index is 0.155. The van der Waals surface area contributed by atoms with Gasteiger partial charge in [0.15, 0.2) is 0 Å². The summed E-state index contributed by atoms with van der Waals surface area (Å²) in [5.41, 5.74) is 6.25. The highest BCUT2D eigenvalue weighted by atomic mass is 79.9. The molecule has 0 bridgehead atoms. The monoisotopic (exact) mass is 244 g/mol. The summed E-state index contributed by atoms with van der Waals surface area (Å²) in [5, 5.41) is 0. The maximum Gasteiger partial charge on any atom is 0.310 e. The van der Waals surface area contributed by atoms with Gasteiger partial charge in [0.05, 0.1) is 13.5 Å². The largest absolute Gasteiger partial charge is 0.469 e. The topological polar surface area (TPSA) is 65.2 Å². The first kappa shape index (κ1) is 9.98. The van der Waals surface area contributed by atoms with Crippen molar-refractivity contribution in [2.75, 3.05) is 12.8 Å². The molecular formula is C8H9BrN2O2. The highest BCUT2D eigenvalue weighted by Gasteiger charge is 2.07. The van der Waals surface area contributed by atoms with Crippen molar-refractivity contribution in [3.8, 4) is 0 Å². The molecule has 13 heavy (non-hydrogen) atoms. The van der Waals surface area contributed by atoms with Crippen molar-refractivity contribution in [3.05, 3.63) is 22.3 Å². The van der Waals surface area contributed by atoms with Crippen LogP contribution < -0.4 is 5.73 Å². The molecule has 4 nitrogen and oxygen atoms in total. The van der Waals surface area contributed by atoms with Crippen LogP contribution in [0.25, 0.3) is 0 Å². The average Bonchev–Trinajstić information content (AvgIpc) is 2.09. The molecule has 0 unspecified atom stereocenters. The van der Waals surface area contributed by atoms with Crippen LogP contribution in [0, 0.1) is 0 Å². The zero-order valence-corrected chi connectivity index (χ0v) is 8.67. The molecule has 1 heterocycles. The molecule has 2 N–H and O–H groups in total. The van der Waals surface area contributed by atoms with E-state index in [2.05, 4.69) is 25.7 Å². The van der Waals surface area contributed by atoms with E-state index in [-0.39, 0.29) is 12.4 Å². The quantitative estimate of drug-likeness (QED) is 0.626. The number of nitrogens with two attached hydrogens (primary N) is 1. The molecule has 0 saturated carbocycles. The van der Waals surface area contributed by atoms with Crippen LogP contribution in [-0.2, 0) is 16.0 Å². The standard InChI is InChI=1S/C8H9BrN2O2/c1-13-7(12)4-5-2-3-6(9)11-8(5)10/h2-3H,4H2,1H3,(H2,10,11). The molecule has 0 aliphatic carbocycles. The fraction of sp³-hybridized carbons (Fsp3) is 0.250. The normalized spacial score (nSPS) is 9.69. The van der Waals surface area contributed by atoms with Gasteiger partial charge in [0.2, 0.25) is 0 Å². The number of hydrogen-bond acceptors (Lipinski definition) is 4. The second kappa shape index (κ2) is 4.23. The number of hydrogen-bond donors (Lipinski definition) is 1. The number of carbonyl (C=O) groups excluding carboxylic acids is 1. The molecular weight excluding hydrogens is 236 g/mol. The predicted octanol–water partition coefficient (Wildman–Crippen LogP) is 1.14. The Morgan fingerprint density at radius 2 is 2.38 bits per heavy atom. The molecule has 0 aliphatic rings. The molecule has 0 atom stereocenters. The molecule has 1 aromatic heterocycles. The molecule has 0 aliphatic heterocycles. The first-order valence-electron chi connectivity index (χ1n) is 3.61. The van der Waals surface area contributed by atoms with E-state index in [1.54, 1.807) is 12.1 Å². The Balaban J connectivity index is 2.83. The number of aromatic nitrogens is 1. The Bertz CT molecular complexity index is 328. The van der Waals surface area contributed by atoms with Crippen LogP contribution in [0.1, 0.15) is 5.56 Å². The summed E-state index contributed by atoms with van der Waals surface area (Å²) in [4.78, 5) is 14.8. The summed E-state index contributed by atoms with van der Waals surface area (Å²) in [7, 11) is 1.34. The van der Waals surface area contributed by atoms with Gasteiger partial charge in [-0.15, -0.1) is 0 Å². The van der Waals surface area contributed by atoms with Gasteiger partial charge in [-0.3, -0.25) is 4.79 Å². The summed E-state index contributed by atoms with van der Waals surface area (Å²) < 4.78 is 5.16. The summed E-state index contributed by atoms with van der Waals surface area (Å²) >= 11 is 3.17. The molecule has 0 radical (unpaired) electrons. The van der Waals surface area contributed by atoms with Crippen molar-refractivity contribution < 1.29 is 9.53 Å². The van der Waals surface area contributed by atoms with Crippen LogP contribution in [0.15, 0.2) is 16.7 Å². The third-order valence-corrected chi connectivity index (χ3v) is 1.98. The summed E-state index contributed by atoms with van der Waals surface area (Å²) in [6.45, 7) is 0. The SMILES string of the molecule is COC(=O)Cc1ccc(Br)nc1N. The number of rotatable bonds is 2. The lowest BCUT2D eigenvalue weighted by Gasteiger charge is -2.03. The number of pyridine rings is 1. The third-order valence-electron chi connectivity index (χ3n) is 1.54. The zero-order chi connectivity index (χ0) is 9.84. The summed E-state index contributed by atoms with van der Waals surface area (Å²) in [6.07, 6.45) is 0.155. The van der Waals surface area contributed by atoms with Crippen molar-refractivity contribution in [1.82, 2.24) is 4.98 Å². The average molecular weight is 245 g/mol. The van der Waals surface area contributed by atoms with E-state index < -0.39 is 0 Å². The van der Waals surface area contributed by atoms with E-state index in [1.165, 1.54) is 7.11 Å². The number of methoxy groups -OCH3 is 1. The van der Waals surface area contributed by atoms with Crippen LogP contribution in [0.5, 0.6) is 0 Å². The lowest BCUT2D eigenvalue weighted by atomic mass is 10.2. The van der Waals surface area contributed by atoms with Crippen LogP contribution in [0.3, 0.4) is 0 Å². The molecule has 0 amide bonds. The van der Waals surface area contributed by atoms with Gasteiger partial charge in [-0.25, -0.2) is 4.98 Å². The van der Waals surface area contributed by atoms with E-state index in [1.807, 2.05) is 0 Å². The van der Waals surface area contributed by atoms with Gasteiger partial charge < -0.3 is 10.5 Å². The van der Waals surface area contributed by atoms with Gasteiger partial charge in [0.1, 0.15) is 10.4 Å².